The number of nitrogens with one attached hydrogen (secondary N) is 1. The Balaban J connectivity index is 2.08. The highest BCUT2D eigenvalue weighted by atomic mass is 35.5. The van der Waals surface area contributed by atoms with Crippen molar-refractivity contribution in [2.24, 2.45) is 0 Å². The Morgan fingerprint density at radius 2 is 1.68 bits per heavy atom. The second-order valence-electron chi connectivity index (χ2n) is 7.70. The fourth-order valence-corrected chi connectivity index (χ4v) is 4.23. The second-order valence-corrected chi connectivity index (χ2v) is 9.12. The number of hydrogen-bond acceptors (Lipinski definition) is 3. The summed E-state index contributed by atoms with van der Waals surface area (Å²) in [6, 6.07) is 15.3. The number of nitrogens with zero attached hydrogens (tertiary/aromatic N) is 1. The molecular formula is C25H33ClN2O2S. The van der Waals surface area contributed by atoms with E-state index < -0.39 is 6.04 Å². The van der Waals surface area contributed by atoms with Gasteiger partial charge in [0.05, 0.1) is 5.75 Å². The van der Waals surface area contributed by atoms with Crippen molar-refractivity contribution in [3.63, 3.8) is 0 Å². The van der Waals surface area contributed by atoms with Crippen LogP contribution in [0.25, 0.3) is 0 Å². The zero-order valence-electron chi connectivity index (χ0n) is 18.7. The number of aryl methyl sites for hydroxylation is 1. The minimum Gasteiger partial charge on any atom is -0.354 e. The molecule has 0 fully saturated rings. The average molecular weight is 461 g/mol. The van der Waals surface area contributed by atoms with Gasteiger partial charge in [-0.3, -0.25) is 9.59 Å². The average Bonchev–Trinajstić information content (AvgIpc) is 2.76. The van der Waals surface area contributed by atoms with Crippen LogP contribution in [0.15, 0.2) is 48.5 Å². The van der Waals surface area contributed by atoms with E-state index in [0.717, 1.165) is 24.2 Å². The van der Waals surface area contributed by atoms with Gasteiger partial charge in [-0.15, -0.1) is 11.8 Å². The molecule has 1 N–H and O–H groups in total. The van der Waals surface area contributed by atoms with Gasteiger partial charge in [-0.2, -0.15) is 0 Å². The zero-order chi connectivity index (χ0) is 22.6. The Morgan fingerprint density at radius 3 is 2.29 bits per heavy atom. The van der Waals surface area contributed by atoms with E-state index in [0.29, 0.717) is 30.3 Å². The van der Waals surface area contributed by atoms with Gasteiger partial charge in [-0.05, 0) is 43.0 Å². The first-order chi connectivity index (χ1) is 14.9. The van der Waals surface area contributed by atoms with Crippen molar-refractivity contribution in [1.82, 2.24) is 10.2 Å². The van der Waals surface area contributed by atoms with E-state index in [1.54, 1.807) is 16.7 Å². The number of halogens is 1. The lowest BCUT2D eigenvalue weighted by Gasteiger charge is -2.30. The number of unbranched alkanes of at least 4 members (excludes halogenated alkanes) is 1. The molecule has 6 heteroatoms. The molecule has 2 aromatic carbocycles. The topological polar surface area (TPSA) is 49.4 Å². The summed E-state index contributed by atoms with van der Waals surface area (Å²) in [5, 5.41) is 3.64. The summed E-state index contributed by atoms with van der Waals surface area (Å²) < 4.78 is 0. The molecule has 2 rings (SSSR count). The quantitative estimate of drug-likeness (QED) is 0.419. The van der Waals surface area contributed by atoms with E-state index in [4.69, 9.17) is 11.6 Å². The van der Waals surface area contributed by atoms with E-state index in [1.165, 1.54) is 11.1 Å². The predicted octanol–water partition coefficient (Wildman–Crippen LogP) is 5.61. The fraction of sp³-hybridized carbons (Fsp3) is 0.440. The van der Waals surface area contributed by atoms with Crippen LogP contribution in [0.4, 0.5) is 0 Å². The van der Waals surface area contributed by atoms with Crippen LogP contribution in [0.5, 0.6) is 0 Å². The van der Waals surface area contributed by atoms with Gasteiger partial charge in [0.2, 0.25) is 11.8 Å². The molecule has 0 saturated carbocycles. The maximum Gasteiger partial charge on any atom is 0.242 e. The Labute approximate surface area is 195 Å². The van der Waals surface area contributed by atoms with Gasteiger partial charge in [0, 0.05) is 23.9 Å². The van der Waals surface area contributed by atoms with Crippen LogP contribution in [0.2, 0.25) is 5.02 Å². The van der Waals surface area contributed by atoms with Crippen LogP contribution in [0.1, 0.15) is 49.8 Å². The second kappa shape index (κ2) is 13.4. The lowest BCUT2D eigenvalue weighted by atomic mass is 10.1. The third-order valence-corrected chi connectivity index (χ3v) is 6.34. The maximum absolute atomic E-state index is 13.2. The van der Waals surface area contributed by atoms with Gasteiger partial charge >= 0.3 is 0 Å². The molecule has 0 radical (unpaired) electrons. The van der Waals surface area contributed by atoms with Gasteiger partial charge < -0.3 is 10.2 Å². The largest absolute Gasteiger partial charge is 0.354 e. The van der Waals surface area contributed by atoms with Gasteiger partial charge in [0.15, 0.2) is 0 Å². The molecule has 4 nitrogen and oxygen atoms in total. The number of thioether (sulfide) groups is 1. The number of amides is 2. The van der Waals surface area contributed by atoms with Crippen molar-refractivity contribution in [3.8, 4) is 0 Å². The van der Waals surface area contributed by atoms with E-state index >= 15 is 0 Å². The molecule has 0 aromatic heterocycles. The van der Waals surface area contributed by atoms with Crippen LogP contribution < -0.4 is 5.32 Å². The van der Waals surface area contributed by atoms with Crippen molar-refractivity contribution in [2.45, 2.75) is 58.4 Å². The van der Waals surface area contributed by atoms with Crippen molar-refractivity contribution in [3.05, 3.63) is 70.2 Å². The molecule has 0 unspecified atom stereocenters. The number of carbonyl (C=O) groups excluding carboxylic acids is 2. The smallest absolute Gasteiger partial charge is 0.242 e. The summed E-state index contributed by atoms with van der Waals surface area (Å²) in [6.07, 6.45) is 2.51. The fourth-order valence-electron chi connectivity index (χ4n) is 3.24. The lowest BCUT2D eigenvalue weighted by Crippen LogP contribution is -2.49. The first-order valence-corrected chi connectivity index (χ1v) is 12.4. The van der Waals surface area contributed by atoms with Crippen molar-refractivity contribution in [1.29, 1.82) is 0 Å². The normalized spacial score (nSPS) is 11.7. The van der Waals surface area contributed by atoms with Crippen LogP contribution in [0, 0.1) is 6.92 Å². The summed E-state index contributed by atoms with van der Waals surface area (Å²) >= 11 is 7.59. The lowest BCUT2D eigenvalue weighted by molar-refractivity contribution is -0.139. The van der Waals surface area contributed by atoms with Crippen molar-refractivity contribution in [2.75, 3.05) is 12.3 Å². The van der Waals surface area contributed by atoms with Gasteiger partial charge in [-0.1, -0.05) is 73.8 Å². The molecular weight excluding hydrogens is 428 g/mol. The molecule has 0 aliphatic rings. The third-order valence-electron chi connectivity index (χ3n) is 5.10. The molecule has 168 valence electrons. The number of benzene rings is 2. The van der Waals surface area contributed by atoms with Gasteiger partial charge in [0.25, 0.3) is 0 Å². The number of hydrogen-bond donors (Lipinski definition) is 1. The summed E-state index contributed by atoms with van der Waals surface area (Å²) in [6.45, 7) is 7.13. The zero-order valence-corrected chi connectivity index (χ0v) is 20.3. The Bertz CT molecular complexity index is 824. The highest BCUT2D eigenvalue weighted by Gasteiger charge is 2.28. The maximum atomic E-state index is 13.2. The van der Waals surface area contributed by atoms with Crippen molar-refractivity contribution < 1.29 is 9.59 Å². The van der Waals surface area contributed by atoms with Crippen LogP contribution in [-0.4, -0.2) is 35.1 Å². The summed E-state index contributed by atoms with van der Waals surface area (Å²) in [5.74, 6) is 0.992. The van der Waals surface area contributed by atoms with E-state index in [9.17, 15) is 9.59 Å². The molecule has 0 aliphatic carbocycles. The molecule has 2 aromatic rings. The SMILES string of the molecule is CCCCNC(=O)[C@H](CC)N(Cc1ccc(Cl)cc1)C(=O)CSCc1ccc(C)cc1. The standard InChI is InChI=1S/C25H33ClN2O2S/c1-4-6-15-27-25(30)23(5-2)28(16-20-11-13-22(26)14-12-20)24(29)18-31-17-21-9-7-19(3)8-10-21/h7-14,23H,4-6,15-18H2,1-3H3,(H,27,30)/t23-/m0/s1. The molecule has 0 spiro atoms. The highest BCUT2D eigenvalue weighted by Crippen LogP contribution is 2.19. The summed E-state index contributed by atoms with van der Waals surface area (Å²) in [4.78, 5) is 27.7. The summed E-state index contributed by atoms with van der Waals surface area (Å²) in [5.41, 5.74) is 3.37. The molecule has 0 aliphatic heterocycles. The number of carbonyl (C=O) groups is 2. The predicted molar refractivity (Wildman–Crippen MR) is 131 cm³/mol. The first-order valence-electron chi connectivity index (χ1n) is 10.9. The highest BCUT2D eigenvalue weighted by molar-refractivity contribution is 7.99. The molecule has 0 saturated heterocycles. The van der Waals surface area contributed by atoms with Crippen molar-refractivity contribution >= 4 is 35.2 Å². The van der Waals surface area contributed by atoms with Gasteiger partial charge in [0.1, 0.15) is 6.04 Å². The monoisotopic (exact) mass is 460 g/mol. The van der Waals surface area contributed by atoms with E-state index in [2.05, 4.69) is 43.4 Å². The molecule has 0 bridgehead atoms. The van der Waals surface area contributed by atoms with E-state index in [-0.39, 0.29) is 11.8 Å². The van der Waals surface area contributed by atoms with Crippen LogP contribution >= 0.6 is 23.4 Å². The Morgan fingerprint density at radius 1 is 1.03 bits per heavy atom. The minimum atomic E-state index is -0.486. The third kappa shape index (κ3) is 8.58. The Kier molecular flexibility index (Phi) is 11.0. The molecule has 31 heavy (non-hydrogen) atoms. The van der Waals surface area contributed by atoms with Crippen LogP contribution in [0.3, 0.4) is 0 Å². The molecule has 0 heterocycles. The number of rotatable bonds is 12. The Hall–Kier alpha value is -1.98. The first kappa shape index (κ1) is 25.3. The van der Waals surface area contributed by atoms with Gasteiger partial charge in [-0.25, -0.2) is 0 Å². The minimum absolute atomic E-state index is 0.0236. The molecule has 2 amide bonds. The summed E-state index contributed by atoms with van der Waals surface area (Å²) in [7, 11) is 0. The van der Waals surface area contributed by atoms with Crippen LogP contribution in [-0.2, 0) is 21.9 Å². The molecule has 1 atom stereocenters. The van der Waals surface area contributed by atoms with E-state index in [1.807, 2.05) is 31.2 Å².